The van der Waals surface area contributed by atoms with Crippen LogP contribution in [0.15, 0.2) is 45.1 Å². The zero-order valence-electron chi connectivity index (χ0n) is 17.1. The summed E-state index contributed by atoms with van der Waals surface area (Å²) >= 11 is 6.04. The molecule has 0 saturated carbocycles. The van der Waals surface area contributed by atoms with Crippen LogP contribution >= 0.6 is 11.6 Å². The summed E-state index contributed by atoms with van der Waals surface area (Å²) in [6.45, 7) is 5.90. The molecule has 0 aliphatic carbocycles. The van der Waals surface area contributed by atoms with Gasteiger partial charge in [0.25, 0.3) is 5.56 Å². The largest absolute Gasteiger partial charge is 0.462 e. The zero-order chi connectivity index (χ0) is 21.5. The lowest BCUT2D eigenvalue weighted by Crippen LogP contribution is -2.43. The van der Waals surface area contributed by atoms with E-state index in [2.05, 4.69) is 5.32 Å². The number of aromatic nitrogens is 2. The van der Waals surface area contributed by atoms with Gasteiger partial charge in [0.2, 0.25) is 0 Å². The molecule has 154 valence electrons. The molecule has 0 spiro atoms. The van der Waals surface area contributed by atoms with Gasteiger partial charge in [0.15, 0.2) is 0 Å². The van der Waals surface area contributed by atoms with E-state index in [1.165, 1.54) is 11.6 Å². The SMILES string of the molecule is CC1=C(C(=O)OCC(C)C)[C@@H](c2ccc(Cl)cc2)c2c(n(C)c(=O)n(C)c2=O)N1. The van der Waals surface area contributed by atoms with Crippen molar-refractivity contribution in [2.24, 2.45) is 20.0 Å². The van der Waals surface area contributed by atoms with Crippen molar-refractivity contribution in [2.75, 3.05) is 11.9 Å². The number of hydrogen-bond acceptors (Lipinski definition) is 5. The van der Waals surface area contributed by atoms with E-state index in [0.29, 0.717) is 33.2 Å². The summed E-state index contributed by atoms with van der Waals surface area (Å²) in [5.41, 5.74) is 1.00. The second-order valence-electron chi connectivity index (χ2n) is 7.61. The Bertz CT molecular complexity index is 1110. The quantitative estimate of drug-likeness (QED) is 0.773. The molecule has 0 radical (unpaired) electrons. The molecule has 1 atom stereocenters. The summed E-state index contributed by atoms with van der Waals surface area (Å²) in [6, 6.07) is 6.96. The number of fused-ring (bicyclic) bond motifs is 1. The summed E-state index contributed by atoms with van der Waals surface area (Å²) < 4.78 is 7.90. The monoisotopic (exact) mass is 417 g/mol. The first-order chi connectivity index (χ1) is 13.6. The minimum absolute atomic E-state index is 0.173. The van der Waals surface area contributed by atoms with Gasteiger partial charge in [-0.05, 0) is 30.5 Å². The van der Waals surface area contributed by atoms with Crippen molar-refractivity contribution < 1.29 is 9.53 Å². The van der Waals surface area contributed by atoms with Crippen molar-refractivity contribution in [1.82, 2.24) is 9.13 Å². The molecule has 29 heavy (non-hydrogen) atoms. The molecule has 2 aromatic rings. The van der Waals surface area contributed by atoms with Crippen LogP contribution in [-0.4, -0.2) is 21.7 Å². The predicted molar refractivity (Wildman–Crippen MR) is 112 cm³/mol. The summed E-state index contributed by atoms with van der Waals surface area (Å²) in [5.74, 6) is -0.638. The number of nitrogens with zero attached hydrogens (tertiary/aromatic N) is 2. The fourth-order valence-corrected chi connectivity index (χ4v) is 3.59. The number of halogens is 1. The van der Waals surface area contributed by atoms with Crippen molar-refractivity contribution in [3.05, 3.63) is 72.5 Å². The van der Waals surface area contributed by atoms with E-state index in [1.54, 1.807) is 38.2 Å². The first-order valence-corrected chi connectivity index (χ1v) is 9.71. The number of carbonyl (C=O) groups is 1. The summed E-state index contributed by atoms with van der Waals surface area (Å²) in [6.07, 6.45) is 0. The van der Waals surface area contributed by atoms with Gasteiger partial charge in [-0.2, -0.15) is 0 Å². The third-order valence-electron chi connectivity index (χ3n) is 4.96. The minimum atomic E-state index is -0.686. The van der Waals surface area contributed by atoms with Gasteiger partial charge in [-0.1, -0.05) is 37.6 Å². The molecule has 1 aliphatic heterocycles. The average Bonchev–Trinajstić information content (AvgIpc) is 2.68. The lowest BCUT2D eigenvalue weighted by atomic mass is 9.82. The maximum atomic E-state index is 13.1. The molecule has 1 aromatic heterocycles. The predicted octanol–water partition coefficient (Wildman–Crippen LogP) is 2.77. The fourth-order valence-electron chi connectivity index (χ4n) is 3.47. The second-order valence-corrected chi connectivity index (χ2v) is 8.05. The molecule has 1 aliphatic rings. The average molecular weight is 418 g/mol. The van der Waals surface area contributed by atoms with Crippen LogP contribution in [0.4, 0.5) is 5.82 Å². The van der Waals surface area contributed by atoms with Crippen LogP contribution in [0.1, 0.15) is 37.8 Å². The Labute approximate surface area is 173 Å². The smallest absolute Gasteiger partial charge is 0.336 e. The van der Waals surface area contributed by atoms with E-state index >= 15 is 0 Å². The van der Waals surface area contributed by atoms with Gasteiger partial charge in [0.1, 0.15) is 5.82 Å². The molecule has 3 rings (SSSR count). The van der Waals surface area contributed by atoms with Gasteiger partial charge in [-0.15, -0.1) is 0 Å². The standard InChI is InChI=1S/C21H24ClN3O4/c1-11(2)10-29-20(27)15-12(3)23-18-17(19(26)25(5)21(28)24(18)4)16(15)13-6-8-14(22)9-7-13/h6-9,11,16,23H,10H2,1-5H3/t16-/m1/s1. The summed E-state index contributed by atoms with van der Waals surface area (Å²) in [5, 5.41) is 3.61. The van der Waals surface area contributed by atoms with Crippen molar-refractivity contribution in [1.29, 1.82) is 0 Å². The molecule has 2 heterocycles. The minimum Gasteiger partial charge on any atom is -0.462 e. The van der Waals surface area contributed by atoms with Crippen LogP contribution in [0.25, 0.3) is 0 Å². The van der Waals surface area contributed by atoms with Crippen LogP contribution in [0.5, 0.6) is 0 Å². The van der Waals surface area contributed by atoms with Gasteiger partial charge in [-0.25, -0.2) is 9.59 Å². The molecular weight excluding hydrogens is 394 g/mol. The van der Waals surface area contributed by atoms with Gasteiger partial charge < -0.3 is 10.1 Å². The van der Waals surface area contributed by atoms with Crippen molar-refractivity contribution >= 4 is 23.4 Å². The first-order valence-electron chi connectivity index (χ1n) is 9.33. The Morgan fingerprint density at radius 3 is 2.38 bits per heavy atom. The van der Waals surface area contributed by atoms with Gasteiger partial charge in [-0.3, -0.25) is 13.9 Å². The molecule has 8 heteroatoms. The van der Waals surface area contributed by atoms with Crippen molar-refractivity contribution in [3.63, 3.8) is 0 Å². The van der Waals surface area contributed by atoms with Gasteiger partial charge >= 0.3 is 11.7 Å². The molecular formula is C21H24ClN3O4. The van der Waals surface area contributed by atoms with Crippen molar-refractivity contribution in [3.8, 4) is 0 Å². The molecule has 0 fully saturated rings. The molecule has 0 unspecified atom stereocenters. The zero-order valence-corrected chi connectivity index (χ0v) is 17.8. The molecule has 1 N–H and O–H groups in total. The Hall–Kier alpha value is -2.80. The number of nitrogens with one attached hydrogen (secondary N) is 1. The van der Waals surface area contributed by atoms with E-state index in [4.69, 9.17) is 16.3 Å². The number of rotatable bonds is 4. The molecule has 1 aromatic carbocycles. The fraction of sp³-hybridized carbons (Fsp3) is 0.381. The third kappa shape index (κ3) is 3.74. The van der Waals surface area contributed by atoms with Gasteiger partial charge in [0.05, 0.1) is 23.7 Å². The molecule has 0 bridgehead atoms. The summed E-state index contributed by atoms with van der Waals surface area (Å²) in [4.78, 5) is 38.5. The van der Waals surface area contributed by atoms with Crippen LogP contribution in [0.2, 0.25) is 5.02 Å². The number of ether oxygens (including phenoxy) is 1. The van der Waals surface area contributed by atoms with E-state index < -0.39 is 23.1 Å². The number of carbonyl (C=O) groups excluding carboxylic acids is 1. The molecule has 7 nitrogen and oxygen atoms in total. The Morgan fingerprint density at radius 1 is 1.17 bits per heavy atom. The normalized spacial score (nSPS) is 15.9. The van der Waals surface area contributed by atoms with E-state index in [1.807, 2.05) is 13.8 Å². The number of anilines is 1. The highest BCUT2D eigenvalue weighted by atomic mass is 35.5. The van der Waals surface area contributed by atoms with Crippen LogP contribution in [0, 0.1) is 5.92 Å². The summed E-state index contributed by atoms with van der Waals surface area (Å²) in [7, 11) is 3.01. The number of esters is 1. The Kier molecular flexibility index (Phi) is 5.71. The van der Waals surface area contributed by atoms with E-state index in [9.17, 15) is 14.4 Å². The van der Waals surface area contributed by atoms with Gasteiger partial charge in [0, 0.05) is 24.8 Å². The number of allylic oxidation sites excluding steroid dienone is 1. The lowest BCUT2D eigenvalue weighted by Gasteiger charge is -2.31. The highest BCUT2D eigenvalue weighted by Gasteiger charge is 2.37. The Balaban J connectivity index is 2.28. The number of benzene rings is 1. The third-order valence-corrected chi connectivity index (χ3v) is 5.21. The molecule has 0 saturated heterocycles. The highest BCUT2D eigenvalue weighted by molar-refractivity contribution is 6.30. The Morgan fingerprint density at radius 2 is 1.79 bits per heavy atom. The maximum absolute atomic E-state index is 13.1. The second kappa shape index (κ2) is 7.91. The maximum Gasteiger partial charge on any atom is 0.336 e. The highest BCUT2D eigenvalue weighted by Crippen LogP contribution is 2.40. The van der Waals surface area contributed by atoms with Crippen LogP contribution in [-0.2, 0) is 23.6 Å². The lowest BCUT2D eigenvalue weighted by molar-refractivity contribution is -0.140. The van der Waals surface area contributed by atoms with E-state index in [-0.39, 0.29) is 12.5 Å². The van der Waals surface area contributed by atoms with Crippen LogP contribution < -0.4 is 16.6 Å². The molecule has 0 amide bonds. The van der Waals surface area contributed by atoms with E-state index in [0.717, 1.165) is 4.57 Å². The number of hydrogen-bond donors (Lipinski definition) is 1. The van der Waals surface area contributed by atoms with Crippen LogP contribution in [0.3, 0.4) is 0 Å². The first kappa shape index (κ1) is 20.9. The topological polar surface area (TPSA) is 82.3 Å². The van der Waals surface area contributed by atoms with Crippen molar-refractivity contribution in [2.45, 2.75) is 26.7 Å².